The molecule has 1 fully saturated rings. The molecule has 1 aliphatic rings. The summed E-state index contributed by atoms with van der Waals surface area (Å²) in [7, 11) is 1.88. The molecular weight excluding hydrogens is 364 g/mol. The fourth-order valence-corrected chi connectivity index (χ4v) is 3.72. The Labute approximate surface area is 171 Å². The van der Waals surface area contributed by atoms with Gasteiger partial charge in [-0.2, -0.15) is 5.10 Å². The summed E-state index contributed by atoms with van der Waals surface area (Å²) < 4.78 is 7.56. The molecule has 1 unspecified atom stereocenters. The van der Waals surface area contributed by atoms with E-state index in [0.29, 0.717) is 11.5 Å². The second kappa shape index (κ2) is 7.50. The Bertz CT molecular complexity index is 1070. The van der Waals surface area contributed by atoms with Gasteiger partial charge >= 0.3 is 0 Å². The largest absolute Gasteiger partial charge is 0.491 e. The van der Waals surface area contributed by atoms with E-state index in [1.807, 2.05) is 65.1 Å². The molecule has 6 nitrogen and oxygen atoms in total. The second-order valence-electron chi connectivity index (χ2n) is 8.21. The number of carbonyl (C=O) groups is 1. The maximum atomic E-state index is 13.3. The predicted octanol–water partition coefficient (Wildman–Crippen LogP) is 4.43. The standard InChI is InChI=1S/C23H28N4O2/c1-13(2)29-18-8-6-7-17(11-18)14(3)24-23(28)19-12-20(16-9-10-16)25-22-21(19)15(4)26-27(22)5/h6-8,11-14,16H,9-10H2,1-5H3,(H,24,28). The van der Waals surface area contributed by atoms with Crippen molar-refractivity contribution in [2.45, 2.75) is 58.6 Å². The molecule has 1 N–H and O–H groups in total. The average Bonchev–Trinajstić information content (AvgIpc) is 3.47. The predicted molar refractivity (Wildman–Crippen MR) is 113 cm³/mol. The summed E-state index contributed by atoms with van der Waals surface area (Å²) in [5, 5.41) is 8.47. The van der Waals surface area contributed by atoms with Gasteiger partial charge in [0.25, 0.3) is 5.91 Å². The van der Waals surface area contributed by atoms with Crippen molar-refractivity contribution < 1.29 is 9.53 Å². The Kier molecular flexibility index (Phi) is 5.03. The Balaban J connectivity index is 1.64. The first-order valence-electron chi connectivity index (χ1n) is 10.2. The molecule has 4 rings (SSSR count). The van der Waals surface area contributed by atoms with E-state index >= 15 is 0 Å². The molecule has 152 valence electrons. The lowest BCUT2D eigenvalue weighted by molar-refractivity contribution is 0.0941. The number of ether oxygens (including phenoxy) is 1. The third-order valence-electron chi connectivity index (χ3n) is 5.31. The van der Waals surface area contributed by atoms with Crippen LogP contribution >= 0.6 is 0 Å². The highest BCUT2D eigenvalue weighted by molar-refractivity contribution is 6.06. The maximum absolute atomic E-state index is 13.3. The van der Waals surface area contributed by atoms with E-state index in [0.717, 1.165) is 46.6 Å². The number of rotatable bonds is 6. The van der Waals surface area contributed by atoms with Gasteiger partial charge < -0.3 is 10.1 Å². The van der Waals surface area contributed by atoms with Crippen LogP contribution in [0.2, 0.25) is 0 Å². The summed E-state index contributed by atoms with van der Waals surface area (Å²) in [4.78, 5) is 18.0. The normalized spacial score (nSPS) is 15.0. The van der Waals surface area contributed by atoms with E-state index in [1.165, 1.54) is 0 Å². The zero-order chi connectivity index (χ0) is 20.7. The van der Waals surface area contributed by atoms with Crippen molar-refractivity contribution in [3.8, 4) is 5.75 Å². The quantitative estimate of drug-likeness (QED) is 0.674. The molecule has 1 amide bonds. The summed E-state index contributed by atoms with van der Waals surface area (Å²) in [6.07, 6.45) is 2.37. The van der Waals surface area contributed by atoms with Gasteiger partial charge in [0.15, 0.2) is 5.65 Å². The molecule has 0 aliphatic heterocycles. The lowest BCUT2D eigenvalue weighted by Crippen LogP contribution is -2.27. The number of benzene rings is 1. The van der Waals surface area contributed by atoms with Crippen LogP contribution in [0, 0.1) is 6.92 Å². The van der Waals surface area contributed by atoms with Crippen LogP contribution in [-0.4, -0.2) is 26.8 Å². The average molecular weight is 393 g/mol. The van der Waals surface area contributed by atoms with Gasteiger partial charge in [0.2, 0.25) is 0 Å². The van der Waals surface area contributed by atoms with Crippen LogP contribution in [0.1, 0.15) is 72.9 Å². The minimum absolute atomic E-state index is 0.0990. The molecule has 0 bridgehead atoms. The highest BCUT2D eigenvalue weighted by Gasteiger charge is 2.28. The molecule has 0 saturated heterocycles. The van der Waals surface area contributed by atoms with Gasteiger partial charge in [-0.3, -0.25) is 9.48 Å². The SMILES string of the molecule is Cc1nn(C)c2nc(C3CC3)cc(C(=O)NC(C)c3cccc(OC(C)C)c3)c12. The smallest absolute Gasteiger partial charge is 0.252 e. The first-order chi connectivity index (χ1) is 13.8. The molecule has 1 aromatic carbocycles. The van der Waals surface area contributed by atoms with Crippen molar-refractivity contribution in [1.29, 1.82) is 0 Å². The number of aromatic nitrogens is 3. The van der Waals surface area contributed by atoms with Gasteiger partial charge in [0.1, 0.15) is 5.75 Å². The van der Waals surface area contributed by atoms with E-state index in [9.17, 15) is 4.79 Å². The summed E-state index contributed by atoms with van der Waals surface area (Å²) in [6, 6.07) is 9.68. The lowest BCUT2D eigenvalue weighted by Gasteiger charge is -2.17. The first-order valence-corrected chi connectivity index (χ1v) is 10.2. The van der Waals surface area contributed by atoms with Crippen molar-refractivity contribution in [3.05, 3.63) is 52.8 Å². The third kappa shape index (κ3) is 3.97. The molecule has 3 aromatic rings. The van der Waals surface area contributed by atoms with Crippen molar-refractivity contribution in [2.24, 2.45) is 7.05 Å². The van der Waals surface area contributed by atoms with E-state index in [-0.39, 0.29) is 18.1 Å². The van der Waals surface area contributed by atoms with Crippen LogP contribution in [0.25, 0.3) is 11.0 Å². The number of nitrogens with one attached hydrogen (secondary N) is 1. The Morgan fingerprint density at radius 3 is 2.69 bits per heavy atom. The van der Waals surface area contributed by atoms with Gasteiger partial charge in [0.05, 0.1) is 28.8 Å². The molecule has 6 heteroatoms. The molecule has 1 atom stereocenters. The van der Waals surface area contributed by atoms with Crippen LogP contribution in [0.3, 0.4) is 0 Å². The minimum Gasteiger partial charge on any atom is -0.491 e. The van der Waals surface area contributed by atoms with Crippen molar-refractivity contribution >= 4 is 16.9 Å². The van der Waals surface area contributed by atoms with Crippen molar-refractivity contribution in [1.82, 2.24) is 20.1 Å². The molecule has 1 saturated carbocycles. The third-order valence-corrected chi connectivity index (χ3v) is 5.31. The van der Waals surface area contributed by atoms with Crippen molar-refractivity contribution in [2.75, 3.05) is 0 Å². The number of amides is 1. The van der Waals surface area contributed by atoms with Gasteiger partial charge in [0, 0.05) is 18.7 Å². The van der Waals surface area contributed by atoms with Gasteiger partial charge in [-0.05, 0) is 64.3 Å². The second-order valence-corrected chi connectivity index (χ2v) is 8.21. The van der Waals surface area contributed by atoms with E-state index in [2.05, 4.69) is 10.4 Å². The molecule has 0 spiro atoms. The summed E-state index contributed by atoms with van der Waals surface area (Å²) in [6.45, 7) is 7.91. The zero-order valence-corrected chi connectivity index (χ0v) is 17.7. The van der Waals surface area contributed by atoms with E-state index < -0.39 is 0 Å². The van der Waals surface area contributed by atoms with Gasteiger partial charge in [-0.15, -0.1) is 0 Å². The fraction of sp³-hybridized carbons (Fsp3) is 0.435. The fourth-order valence-electron chi connectivity index (χ4n) is 3.72. The number of fused-ring (bicyclic) bond motifs is 1. The topological polar surface area (TPSA) is 69.0 Å². The summed E-state index contributed by atoms with van der Waals surface area (Å²) >= 11 is 0. The molecular formula is C23H28N4O2. The monoisotopic (exact) mass is 392 g/mol. The highest BCUT2D eigenvalue weighted by atomic mass is 16.5. The number of aryl methyl sites for hydroxylation is 2. The molecule has 0 radical (unpaired) electrons. The Hall–Kier alpha value is -2.89. The zero-order valence-electron chi connectivity index (χ0n) is 17.7. The Morgan fingerprint density at radius 1 is 1.24 bits per heavy atom. The van der Waals surface area contributed by atoms with Crippen molar-refractivity contribution in [3.63, 3.8) is 0 Å². The van der Waals surface area contributed by atoms with E-state index in [1.54, 1.807) is 4.68 Å². The first kappa shape index (κ1) is 19.4. The molecule has 1 aliphatic carbocycles. The molecule has 29 heavy (non-hydrogen) atoms. The van der Waals surface area contributed by atoms with E-state index in [4.69, 9.17) is 9.72 Å². The van der Waals surface area contributed by atoms with Crippen LogP contribution in [0.5, 0.6) is 5.75 Å². The van der Waals surface area contributed by atoms with Crippen LogP contribution in [0.4, 0.5) is 0 Å². The highest BCUT2D eigenvalue weighted by Crippen LogP contribution is 2.40. The number of hydrogen-bond donors (Lipinski definition) is 1. The number of hydrogen-bond acceptors (Lipinski definition) is 4. The number of pyridine rings is 1. The number of carbonyl (C=O) groups excluding carboxylic acids is 1. The number of nitrogens with zero attached hydrogens (tertiary/aromatic N) is 3. The molecule has 2 aromatic heterocycles. The van der Waals surface area contributed by atoms with Crippen LogP contribution in [0.15, 0.2) is 30.3 Å². The van der Waals surface area contributed by atoms with Crippen LogP contribution in [-0.2, 0) is 7.05 Å². The Morgan fingerprint density at radius 2 is 2.00 bits per heavy atom. The lowest BCUT2D eigenvalue weighted by atomic mass is 10.0. The maximum Gasteiger partial charge on any atom is 0.252 e. The van der Waals surface area contributed by atoms with Gasteiger partial charge in [-0.1, -0.05) is 12.1 Å². The summed E-state index contributed by atoms with van der Waals surface area (Å²) in [5.41, 5.74) is 4.25. The molecule has 2 heterocycles. The minimum atomic E-state index is -0.150. The van der Waals surface area contributed by atoms with Crippen LogP contribution < -0.4 is 10.1 Å². The van der Waals surface area contributed by atoms with Gasteiger partial charge in [-0.25, -0.2) is 4.98 Å². The summed E-state index contributed by atoms with van der Waals surface area (Å²) in [5.74, 6) is 1.17.